The summed E-state index contributed by atoms with van der Waals surface area (Å²) in [5.41, 5.74) is 1.09. The Bertz CT molecular complexity index is 485. The zero-order valence-electron chi connectivity index (χ0n) is 13.7. The van der Waals surface area contributed by atoms with Crippen molar-refractivity contribution in [1.29, 1.82) is 0 Å². The summed E-state index contributed by atoms with van der Waals surface area (Å²) in [4.78, 5) is 0. The van der Waals surface area contributed by atoms with Crippen LogP contribution in [0.3, 0.4) is 0 Å². The minimum absolute atomic E-state index is 0.283. The molecule has 1 aliphatic heterocycles. The molecule has 1 fully saturated rings. The minimum Gasteiger partial charge on any atom is -0.399 e. The van der Waals surface area contributed by atoms with E-state index in [1.165, 1.54) is 0 Å². The average Bonchev–Trinajstić information content (AvgIpc) is 2.79. The summed E-state index contributed by atoms with van der Waals surface area (Å²) in [6.45, 7) is 10.7. The van der Waals surface area contributed by atoms with Gasteiger partial charge in [-0.1, -0.05) is 0 Å². The van der Waals surface area contributed by atoms with Gasteiger partial charge in [0.2, 0.25) is 0 Å². The lowest BCUT2D eigenvalue weighted by atomic mass is 9.79. The second-order valence-electron chi connectivity index (χ2n) is 6.56. The first kappa shape index (κ1) is 16.5. The van der Waals surface area contributed by atoms with E-state index in [0.717, 1.165) is 11.2 Å². The topological polar surface area (TPSA) is 65.7 Å². The number of aliphatic hydroxyl groups is 1. The third kappa shape index (κ3) is 3.16. The number of aliphatic hydroxyl groups excluding tert-OH is 1. The molecular weight excluding hydrogens is 271 g/mol. The van der Waals surface area contributed by atoms with E-state index >= 15 is 0 Å². The molecule has 0 unspecified atom stereocenters. The molecule has 0 saturated carbocycles. The molecule has 1 atom stereocenters. The lowest BCUT2D eigenvalue weighted by molar-refractivity contribution is 0.00578. The highest BCUT2D eigenvalue weighted by Gasteiger charge is 2.52. The maximum Gasteiger partial charge on any atom is 0.498 e. The van der Waals surface area contributed by atoms with Crippen molar-refractivity contribution < 1.29 is 19.2 Å². The highest BCUT2D eigenvalue weighted by atomic mass is 16.7. The number of methoxy groups -OCH3 is 1. The van der Waals surface area contributed by atoms with Crippen molar-refractivity contribution in [3.05, 3.63) is 11.9 Å². The summed E-state index contributed by atoms with van der Waals surface area (Å²) in [7, 11) is 1.14. The standard InChI is InChI=1S/C14H25BN2O4/c1-10-12(7-16-17(10)8-11(18)9-19-6)15-20-13(2,3)14(4,5)21-15/h7,11,18H,8-9H2,1-6H3/t11-/m1/s1. The number of rotatable bonds is 5. The molecule has 1 aliphatic rings. The predicted octanol–water partition coefficient (Wildman–Crippen LogP) is 0.498. The van der Waals surface area contributed by atoms with E-state index in [2.05, 4.69) is 5.10 Å². The number of ether oxygens (including phenoxy) is 1. The van der Waals surface area contributed by atoms with E-state index in [9.17, 15) is 5.11 Å². The lowest BCUT2D eigenvalue weighted by Gasteiger charge is -2.32. The monoisotopic (exact) mass is 296 g/mol. The van der Waals surface area contributed by atoms with E-state index in [0.29, 0.717) is 6.54 Å². The molecule has 2 heterocycles. The molecule has 0 spiro atoms. The summed E-state index contributed by atoms with van der Waals surface area (Å²) < 4.78 is 18.8. The average molecular weight is 296 g/mol. The molecule has 0 bridgehead atoms. The molecule has 1 aromatic rings. The van der Waals surface area contributed by atoms with Crippen LogP contribution >= 0.6 is 0 Å². The highest BCUT2D eigenvalue weighted by Crippen LogP contribution is 2.36. The van der Waals surface area contributed by atoms with Crippen LogP contribution in [-0.4, -0.2) is 53.0 Å². The van der Waals surface area contributed by atoms with Crippen molar-refractivity contribution in [1.82, 2.24) is 9.78 Å². The Morgan fingerprint density at radius 3 is 2.43 bits per heavy atom. The molecule has 0 amide bonds. The third-order valence-electron chi connectivity index (χ3n) is 4.39. The van der Waals surface area contributed by atoms with Gasteiger partial charge in [-0.2, -0.15) is 5.10 Å². The van der Waals surface area contributed by atoms with Crippen LogP contribution < -0.4 is 5.46 Å². The van der Waals surface area contributed by atoms with Crippen molar-refractivity contribution in [2.24, 2.45) is 0 Å². The second-order valence-corrected chi connectivity index (χ2v) is 6.56. The van der Waals surface area contributed by atoms with Crippen LogP contribution in [0.25, 0.3) is 0 Å². The molecule has 7 heteroatoms. The number of hydrogen-bond donors (Lipinski definition) is 1. The first-order valence-corrected chi connectivity index (χ1v) is 7.23. The van der Waals surface area contributed by atoms with Crippen molar-refractivity contribution in [2.75, 3.05) is 13.7 Å². The third-order valence-corrected chi connectivity index (χ3v) is 4.39. The second kappa shape index (κ2) is 5.72. The molecule has 2 rings (SSSR count). The van der Waals surface area contributed by atoms with Gasteiger partial charge in [-0.25, -0.2) is 0 Å². The van der Waals surface area contributed by atoms with Gasteiger partial charge in [-0.15, -0.1) is 0 Å². The summed E-state index contributed by atoms with van der Waals surface area (Å²) in [6, 6.07) is 0. The van der Waals surface area contributed by atoms with Crippen molar-refractivity contribution in [3.63, 3.8) is 0 Å². The molecule has 0 aromatic carbocycles. The fraction of sp³-hybridized carbons (Fsp3) is 0.786. The number of nitrogens with zero attached hydrogens (tertiary/aromatic N) is 2. The fourth-order valence-corrected chi connectivity index (χ4v) is 2.29. The summed E-state index contributed by atoms with van der Waals surface area (Å²) in [5.74, 6) is 0. The van der Waals surface area contributed by atoms with Gasteiger partial charge in [0, 0.05) is 24.5 Å². The van der Waals surface area contributed by atoms with Crippen molar-refractivity contribution >= 4 is 12.6 Å². The number of hydrogen-bond acceptors (Lipinski definition) is 5. The Kier molecular flexibility index (Phi) is 4.49. The van der Waals surface area contributed by atoms with E-state index in [4.69, 9.17) is 14.0 Å². The molecule has 1 N–H and O–H groups in total. The van der Waals surface area contributed by atoms with Gasteiger partial charge in [0.15, 0.2) is 0 Å². The van der Waals surface area contributed by atoms with E-state index in [-0.39, 0.29) is 17.8 Å². The van der Waals surface area contributed by atoms with Gasteiger partial charge in [-0.3, -0.25) is 4.68 Å². The van der Waals surface area contributed by atoms with Gasteiger partial charge in [0.25, 0.3) is 0 Å². The smallest absolute Gasteiger partial charge is 0.399 e. The summed E-state index contributed by atoms with van der Waals surface area (Å²) in [5, 5.41) is 14.1. The Labute approximate surface area is 126 Å². The Hall–Kier alpha value is -0.885. The van der Waals surface area contributed by atoms with Crippen LogP contribution in [-0.2, 0) is 20.6 Å². The maximum absolute atomic E-state index is 9.82. The molecule has 0 aliphatic carbocycles. The Balaban J connectivity index is 2.15. The SMILES string of the molecule is COC[C@H](O)Cn1ncc(B2OC(C)(C)C(C)(C)O2)c1C. The van der Waals surface area contributed by atoms with Gasteiger partial charge >= 0.3 is 7.12 Å². The molecule has 0 radical (unpaired) electrons. The first-order valence-electron chi connectivity index (χ1n) is 7.23. The normalized spacial score (nSPS) is 21.8. The van der Waals surface area contributed by atoms with Gasteiger partial charge in [0.1, 0.15) is 0 Å². The molecule has 6 nitrogen and oxygen atoms in total. The summed E-state index contributed by atoms with van der Waals surface area (Å²) in [6.07, 6.45) is 1.16. The van der Waals surface area contributed by atoms with E-state index in [1.807, 2.05) is 34.6 Å². The Morgan fingerprint density at radius 1 is 1.33 bits per heavy atom. The van der Waals surface area contributed by atoms with Crippen LogP contribution in [0.15, 0.2) is 6.20 Å². The maximum atomic E-state index is 9.82. The van der Waals surface area contributed by atoms with Crippen molar-refractivity contribution in [2.45, 2.75) is 58.5 Å². The van der Waals surface area contributed by atoms with Gasteiger partial charge in [0.05, 0.1) is 30.5 Å². The quantitative estimate of drug-likeness (QED) is 0.802. The fourth-order valence-electron chi connectivity index (χ4n) is 2.29. The zero-order chi connectivity index (χ0) is 15.8. The molecule has 1 saturated heterocycles. The largest absolute Gasteiger partial charge is 0.498 e. The molecule has 21 heavy (non-hydrogen) atoms. The predicted molar refractivity (Wildman–Crippen MR) is 80.6 cm³/mol. The molecular formula is C14H25BN2O4. The van der Waals surface area contributed by atoms with Gasteiger partial charge in [-0.05, 0) is 34.6 Å². The van der Waals surface area contributed by atoms with Crippen LogP contribution in [0.1, 0.15) is 33.4 Å². The highest BCUT2D eigenvalue weighted by molar-refractivity contribution is 6.62. The Morgan fingerprint density at radius 2 is 1.90 bits per heavy atom. The van der Waals surface area contributed by atoms with Crippen LogP contribution in [0, 0.1) is 6.92 Å². The molecule has 1 aromatic heterocycles. The number of aromatic nitrogens is 2. The zero-order valence-corrected chi connectivity index (χ0v) is 13.7. The van der Waals surface area contributed by atoms with E-state index < -0.39 is 13.2 Å². The minimum atomic E-state index is -0.584. The van der Waals surface area contributed by atoms with E-state index in [1.54, 1.807) is 18.0 Å². The van der Waals surface area contributed by atoms with Gasteiger partial charge < -0.3 is 19.2 Å². The lowest BCUT2D eigenvalue weighted by Crippen LogP contribution is -2.41. The molecule has 118 valence electrons. The summed E-state index contributed by atoms with van der Waals surface area (Å²) >= 11 is 0. The van der Waals surface area contributed by atoms with Crippen LogP contribution in [0.5, 0.6) is 0 Å². The van der Waals surface area contributed by atoms with Crippen LogP contribution in [0.2, 0.25) is 0 Å². The first-order chi connectivity index (χ1) is 9.68. The van der Waals surface area contributed by atoms with Crippen LogP contribution in [0.4, 0.5) is 0 Å². The van der Waals surface area contributed by atoms with Crippen molar-refractivity contribution in [3.8, 4) is 0 Å².